The third kappa shape index (κ3) is 4.82. The summed E-state index contributed by atoms with van der Waals surface area (Å²) in [6.45, 7) is 7.57. The Morgan fingerprint density at radius 2 is 2.06 bits per heavy atom. The van der Waals surface area contributed by atoms with Crippen molar-refractivity contribution in [2.45, 2.75) is 70.7 Å². The van der Waals surface area contributed by atoms with Crippen LogP contribution in [0.4, 0.5) is 0 Å². The van der Waals surface area contributed by atoms with Crippen molar-refractivity contribution >= 4 is 15.9 Å². The molecule has 1 atom stereocenters. The molecule has 1 aromatic heterocycles. The Morgan fingerprint density at radius 1 is 1.29 bits per heavy atom. The second-order valence-electron chi connectivity index (χ2n) is 4.57. The zero-order valence-corrected chi connectivity index (χ0v) is 13.0. The lowest BCUT2D eigenvalue weighted by molar-refractivity contribution is 0.586. The average molecular weight is 301 g/mol. The van der Waals surface area contributed by atoms with Crippen LogP contribution in [0.2, 0.25) is 0 Å². The Balaban J connectivity index is 2.42. The van der Waals surface area contributed by atoms with Gasteiger partial charge in [-0.3, -0.25) is 4.68 Å². The third-order valence-electron chi connectivity index (χ3n) is 3.13. The SMILES string of the molecule is CCCC(Br)CCCc1cc(CC)nn1CC. The summed E-state index contributed by atoms with van der Waals surface area (Å²) in [6.07, 6.45) is 7.27. The molecule has 98 valence electrons. The topological polar surface area (TPSA) is 17.8 Å². The highest BCUT2D eigenvalue weighted by Gasteiger charge is 2.07. The predicted octanol–water partition coefficient (Wildman–Crippen LogP) is 4.35. The smallest absolute Gasteiger partial charge is 0.0624 e. The molecule has 1 rings (SSSR count). The van der Waals surface area contributed by atoms with E-state index in [1.54, 1.807) is 0 Å². The summed E-state index contributed by atoms with van der Waals surface area (Å²) in [5, 5.41) is 4.59. The van der Waals surface area contributed by atoms with E-state index in [1.807, 2.05) is 0 Å². The highest BCUT2D eigenvalue weighted by Crippen LogP contribution is 2.17. The van der Waals surface area contributed by atoms with Crippen molar-refractivity contribution in [3.05, 3.63) is 17.5 Å². The zero-order valence-electron chi connectivity index (χ0n) is 11.4. The van der Waals surface area contributed by atoms with Crippen molar-refractivity contribution in [2.24, 2.45) is 0 Å². The van der Waals surface area contributed by atoms with Gasteiger partial charge in [-0.25, -0.2) is 0 Å². The van der Waals surface area contributed by atoms with Crippen LogP contribution in [0.1, 0.15) is 57.8 Å². The normalized spacial score (nSPS) is 12.9. The molecule has 0 aromatic carbocycles. The lowest BCUT2D eigenvalue weighted by Gasteiger charge is -2.08. The molecule has 0 aliphatic heterocycles. The number of rotatable bonds is 8. The first-order chi connectivity index (χ1) is 8.21. The Hall–Kier alpha value is -0.310. The Bertz CT molecular complexity index is 320. The molecule has 0 saturated heterocycles. The van der Waals surface area contributed by atoms with Crippen molar-refractivity contribution in [3.63, 3.8) is 0 Å². The summed E-state index contributed by atoms with van der Waals surface area (Å²) in [7, 11) is 0. The maximum atomic E-state index is 4.59. The largest absolute Gasteiger partial charge is 0.270 e. The maximum Gasteiger partial charge on any atom is 0.0624 e. The molecule has 2 nitrogen and oxygen atoms in total. The molecule has 1 unspecified atom stereocenters. The summed E-state index contributed by atoms with van der Waals surface area (Å²) in [5.74, 6) is 0. The summed E-state index contributed by atoms with van der Waals surface area (Å²) in [5.41, 5.74) is 2.63. The summed E-state index contributed by atoms with van der Waals surface area (Å²) < 4.78 is 2.15. The van der Waals surface area contributed by atoms with Gasteiger partial charge in [-0.2, -0.15) is 5.10 Å². The van der Waals surface area contributed by atoms with Crippen LogP contribution in [0.25, 0.3) is 0 Å². The van der Waals surface area contributed by atoms with Gasteiger partial charge in [0.1, 0.15) is 0 Å². The minimum atomic E-state index is 0.691. The first kappa shape index (κ1) is 14.7. The standard InChI is InChI=1S/C14H25BrN2/c1-4-8-12(15)9-7-10-14-11-13(5-2)16-17(14)6-3/h11-12H,4-10H2,1-3H3. The number of hydrogen-bond acceptors (Lipinski definition) is 1. The van der Waals surface area contributed by atoms with E-state index in [0.29, 0.717) is 4.83 Å². The third-order valence-corrected chi connectivity index (χ3v) is 4.04. The van der Waals surface area contributed by atoms with Gasteiger partial charge in [-0.1, -0.05) is 36.2 Å². The quantitative estimate of drug-likeness (QED) is 0.653. The van der Waals surface area contributed by atoms with Gasteiger partial charge in [-0.15, -0.1) is 0 Å². The first-order valence-corrected chi connectivity index (χ1v) is 7.82. The molecular formula is C14H25BrN2. The number of halogens is 1. The second-order valence-corrected chi connectivity index (χ2v) is 5.87. The van der Waals surface area contributed by atoms with Crippen LogP contribution in [0.15, 0.2) is 6.07 Å². The van der Waals surface area contributed by atoms with Gasteiger partial charge in [0.2, 0.25) is 0 Å². The summed E-state index contributed by atoms with van der Waals surface area (Å²) in [4.78, 5) is 0.691. The van der Waals surface area contributed by atoms with E-state index >= 15 is 0 Å². The average Bonchev–Trinajstić information content (AvgIpc) is 2.72. The minimum Gasteiger partial charge on any atom is -0.270 e. The van der Waals surface area contributed by atoms with Crippen molar-refractivity contribution in [1.29, 1.82) is 0 Å². The van der Waals surface area contributed by atoms with Crippen molar-refractivity contribution in [2.75, 3.05) is 0 Å². The Labute approximate surface area is 114 Å². The van der Waals surface area contributed by atoms with Crippen LogP contribution >= 0.6 is 15.9 Å². The fraction of sp³-hybridized carbons (Fsp3) is 0.786. The van der Waals surface area contributed by atoms with E-state index in [9.17, 15) is 0 Å². The molecule has 3 heteroatoms. The fourth-order valence-electron chi connectivity index (χ4n) is 2.13. The van der Waals surface area contributed by atoms with Gasteiger partial charge in [0.15, 0.2) is 0 Å². The van der Waals surface area contributed by atoms with Gasteiger partial charge in [0.05, 0.1) is 5.69 Å². The van der Waals surface area contributed by atoms with Crippen LogP contribution in [-0.2, 0) is 19.4 Å². The molecular weight excluding hydrogens is 276 g/mol. The van der Waals surface area contributed by atoms with Gasteiger partial charge in [0, 0.05) is 17.1 Å². The molecule has 0 radical (unpaired) electrons. The van der Waals surface area contributed by atoms with Crippen LogP contribution in [0, 0.1) is 0 Å². The first-order valence-electron chi connectivity index (χ1n) is 6.90. The van der Waals surface area contributed by atoms with Gasteiger partial charge >= 0.3 is 0 Å². The fourth-order valence-corrected chi connectivity index (χ4v) is 2.91. The molecule has 0 N–H and O–H groups in total. The van der Waals surface area contributed by atoms with Crippen molar-refractivity contribution in [1.82, 2.24) is 9.78 Å². The molecule has 0 saturated carbocycles. The van der Waals surface area contributed by atoms with Gasteiger partial charge in [-0.05, 0) is 45.1 Å². The van der Waals surface area contributed by atoms with E-state index < -0.39 is 0 Å². The predicted molar refractivity (Wildman–Crippen MR) is 77.8 cm³/mol. The van der Waals surface area contributed by atoms with Crippen LogP contribution in [0.3, 0.4) is 0 Å². The van der Waals surface area contributed by atoms with E-state index in [4.69, 9.17) is 0 Å². The second kappa shape index (κ2) is 7.91. The van der Waals surface area contributed by atoms with Crippen LogP contribution in [-0.4, -0.2) is 14.6 Å². The maximum absolute atomic E-state index is 4.59. The molecule has 1 heterocycles. The van der Waals surface area contributed by atoms with Gasteiger partial charge in [0.25, 0.3) is 0 Å². The molecule has 17 heavy (non-hydrogen) atoms. The van der Waals surface area contributed by atoms with Crippen LogP contribution in [0.5, 0.6) is 0 Å². The highest BCUT2D eigenvalue weighted by molar-refractivity contribution is 9.09. The number of nitrogens with zero attached hydrogens (tertiary/aromatic N) is 2. The summed E-state index contributed by atoms with van der Waals surface area (Å²) in [6, 6.07) is 2.27. The molecule has 0 bridgehead atoms. The number of aromatic nitrogens is 2. The number of alkyl halides is 1. The van der Waals surface area contributed by atoms with Crippen molar-refractivity contribution in [3.8, 4) is 0 Å². The molecule has 0 spiro atoms. The van der Waals surface area contributed by atoms with E-state index in [2.05, 4.69) is 52.5 Å². The van der Waals surface area contributed by atoms with E-state index in [-0.39, 0.29) is 0 Å². The van der Waals surface area contributed by atoms with Crippen LogP contribution < -0.4 is 0 Å². The zero-order chi connectivity index (χ0) is 12.7. The lowest BCUT2D eigenvalue weighted by atomic mass is 10.1. The minimum absolute atomic E-state index is 0.691. The molecule has 0 aliphatic rings. The molecule has 0 amide bonds. The summed E-state index contributed by atoms with van der Waals surface area (Å²) >= 11 is 3.74. The Kier molecular flexibility index (Phi) is 6.86. The monoisotopic (exact) mass is 300 g/mol. The van der Waals surface area contributed by atoms with E-state index in [0.717, 1.165) is 19.4 Å². The Morgan fingerprint density at radius 3 is 2.65 bits per heavy atom. The highest BCUT2D eigenvalue weighted by atomic mass is 79.9. The molecule has 0 aliphatic carbocycles. The number of hydrogen-bond donors (Lipinski definition) is 0. The molecule has 0 fully saturated rings. The van der Waals surface area contributed by atoms with Gasteiger partial charge < -0.3 is 0 Å². The van der Waals surface area contributed by atoms with Crippen molar-refractivity contribution < 1.29 is 0 Å². The number of aryl methyl sites for hydroxylation is 3. The molecule has 1 aromatic rings. The van der Waals surface area contributed by atoms with E-state index in [1.165, 1.54) is 37.1 Å². The lowest BCUT2D eigenvalue weighted by Crippen LogP contribution is -2.04.